The molecule has 3 heterocycles. The van der Waals surface area contributed by atoms with Crippen molar-refractivity contribution in [3.8, 4) is 0 Å². The van der Waals surface area contributed by atoms with Crippen LogP contribution >= 0.6 is 0 Å². The lowest BCUT2D eigenvalue weighted by atomic mass is 10.0. The van der Waals surface area contributed by atoms with Crippen molar-refractivity contribution in [1.29, 1.82) is 0 Å². The summed E-state index contributed by atoms with van der Waals surface area (Å²) >= 11 is 0. The molecule has 4 amide bonds. The van der Waals surface area contributed by atoms with E-state index >= 15 is 0 Å². The number of carbonyl (C=O) groups is 4. The van der Waals surface area contributed by atoms with E-state index in [0.29, 0.717) is 6.42 Å². The summed E-state index contributed by atoms with van der Waals surface area (Å²) in [6.07, 6.45) is 3.28. The molecule has 2 aromatic heterocycles. The molecule has 0 spiro atoms. The van der Waals surface area contributed by atoms with Gasteiger partial charge in [0, 0.05) is 12.6 Å². The molecular weight excluding hydrogens is 404 g/mol. The summed E-state index contributed by atoms with van der Waals surface area (Å²) in [4.78, 5) is 51.4. The van der Waals surface area contributed by atoms with Crippen LogP contribution in [-0.4, -0.2) is 53.2 Å². The predicted molar refractivity (Wildman–Crippen MR) is 109 cm³/mol. The first kappa shape index (κ1) is 22.1. The molecule has 3 rings (SSSR count). The number of primary amides is 1. The van der Waals surface area contributed by atoms with E-state index in [9.17, 15) is 19.2 Å². The van der Waals surface area contributed by atoms with Crippen molar-refractivity contribution in [2.45, 2.75) is 44.8 Å². The summed E-state index contributed by atoms with van der Waals surface area (Å²) in [6.45, 7) is 3.91. The zero-order valence-corrected chi connectivity index (χ0v) is 17.4. The Bertz CT molecular complexity index is 922. The maximum atomic E-state index is 13.0. The van der Waals surface area contributed by atoms with Crippen LogP contribution in [0.25, 0.3) is 0 Å². The fraction of sp³-hybridized carbons (Fsp3) is 0.429. The lowest BCUT2D eigenvalue weighted by Crippen LogP contribution is -2.52. The molecule has 1 aliphatic heterocycles. The number of hydrogen-bond acceptors (Lipinski definition) is 6. The van der Waals surface area contributed by atoms with Gasteiger partial charge in [0.1, 0.15) is 12.1 Å². The number of amides is 4. The number of hydrogen-bond donors (Lipinski definition) is 3. The quantitative estimate of drug-likeness (QED) is 0.567. The van der Waals surface area contributed by atoms with Gasteiger partial charge < -0.3 is 30.1 Å². The Hall–Kier alpha value is -3.56. The molecule has 10 heteroatoms. The minimum Gasteiger partial charge on any atom is -0.459 e. The van der Waals surface area contributed by atoms with Crippen molar-refractivity contribution in [2.75, 3.05) is 6.54 Å². The molecule has 0 aliphatic carbocycles. The third-order valence-electron chi connectivity index (χ3n) is 5.04. The van der Waals surface area contributed by atoms with Crippen LogP contribution in [0.3, 0.4) is 0 Å². The zero-order valence-electron chi connectivity index (χ0n) is 17.4. The SMILES string of the molecule is CC(C)C[C@H](NC(=O)[C@@H]1C[C@H](NC(=O)c2ccco2)CN1C(=O)c1ccco1)C(N)=O. The summed E-state index contributed by atoms with van der Waals surface area (Å²) in [6, 6.07) is 3.91. The molecule has 0 bridgehead atoms. The van der Waals surface area contributed by atoms with E-state index in [1.165, 1.54) is 29.6 Å². The van der Waals surface area contributed by atoms with Crippen molar-refractivity contribution in [1.82, 2.24) is 15.5 Å². The molecule has 0 saturated carbocycles. The van der Waals surface area contributed by atoms with Crippen LogP contribution in [0.5, 0.6) is 0 Å². The highest BCUT2D eigenvalue weighted by Crippen LogP contribution is 2.22. The third kappa shape index (κ3) is 5.33. The summed E-state index contributed by atoms with van der Waals surface area (Å²) in [5.41, 5.74) is 5.43. The van der Waals surface area contributed by atoms with Gasteiger partial charge in [-0.1, -0.05) is 13.8 Å². The highest BCUT2D eigenvalue weighted by Gasteiger charge is 2.42. The van der Waals surface area contributed by atoms with E-state index in [1.54, 1.807) is 12.1 Å². The molecule has 0 radical (unpaired) electrons. The molecule has 0 unspecified atom stereocenters. The molecule has 4 N–H and O–H groups in total. The topological polar surface area (TPSA) is 148 Å². The van der Waals surface area contributed by atoms with Crippen LogP contribution in [-0.2, 0) is 9.59 Å². The zero-order chi connectivity index (χ0) is 22.5. The Morgan fingerprint density at radius 2 is 1.77 bits per heavy atom. The van der Waals surface area contributed by atoms with E-state index in [2.05, 4.69) is 10.6 Å². The van der Waals surface area contributed by atoms with Gasteiger partial charge in [0.25, 0.3) is 11.8 Å². The summed E-state index contributed by atoms with van der Waals surface area (Å²) in [7, 11) is 0. The van der Waals surface area contributed by atoms with Gasteiger partial charge in [-0.3, -0.25) is 19.2 Å². The normalized spacial score (nSPS) is 19.3. The molecule has 166 valence electrons. The number of furan rings is 2. The highest BCUT2D eigenvalue weighted by molar-refractivity contribution is 5.97. The van der Waals surface area contributed by atoms with Crippen LogP contribution in [0.15, 0.2) is 45.6 Å². The predicted octanol–water partition coefficient (Wildman–Crippen LogP) is 0.902. The molecule has 0 aromatic carbocycles. The van der Waals surface area contributed by atoms with Crippen molar-refractivity contribution in [3.63, 3.8) is 0 Å². The monoisotopic (exact) mass is 430 g/mol. The minimum atomic E-state index is -0.909. The molecule has 1 saturated heterocycles. The Morgan fingerprint density at radius 1 is 1.13 bits per heavy atom. The maximum absolute atomic E-state index is 13.0. The Kier molecular flexibility index (Phi) is 6.78. The lowest BCUT2D eigenvalue weighted by Gasteiger charge is -2.25. The van der Waals surface area contributed by atoms with E-state index in [1.807, 2.05) is 13.8 Å². The van der Waals surface area contributed by atoms with Gasteiger partial charge >= 0.3 is 0 Å². The average molecular weight is 430 g/mol. The van der Waals surface area contributed by atoms with Gasteiger partial charge in [-0.15, -0.1) is 0 Å². The first-order valence-corrected chi connectivity index (χ1v) is 10.0. The van der Waals surface area contributed by atoms with Gasteiger partial charge in [0.2, 0.25) is 11.8 Å². The molecule has 1 aliphatic rings. The first-order valence-electron chi connectivity index (χ1n) is 10.0. The second kappa shape index (κ2) is 9.50. The third-order valence-corrected chi connectivity index (χ3v) is 5.04. The van der Waals surface area contributed by atoms with Crippen LogP contribution in [0, 0.1) is 5.92 Å². The lowest BCUT2D eigenvalue weighted by molar-refractivity contribution is -0.130. The second-order valence-corrected chi connectivity index (χ2v) is 7.93. The fourth-order valence-electron chi connectivity index (χ4n) is 3.61. The van der Waals surface area contributed by atoms with Crippen molar-refractivity contribution in [3.05, 3.63) is 48.3 Å². The standard InChI is InChI=1S/C21H26N4O6/c1-12(2)9-14(18(22)26)24-19(27)15-10-13(23-20(28)16-5-3-7-30-16)11-25(15)21(29)17-6-4-8-31-17/h3-8,12-15H,9-11H2,1-2H3,(H2,22,26)(H,23,28)(H,24,27)/t13-,14-,15-/m0/s1. The Labute approximate surface area is 179 Å². The van der Waals surface area contributed by atoms with Crippen LogP contribution < -0.4 is 16.4 Å². The number of carbonyl (C=O) groups excluding carboxylic acids is 4. The van der Waals surface area contributed by atoms with Gasteiger partial charge in [-0.05, 0) is 43.0 Å². The van der Waals surface area contributed by atoms with E-state index in [0.717, 1.165) is 0 Å². The van der Waals surface area contributed by atoms with Crippen molar-refractivity contribution >= 4 is 23.6 Å². The van der Waals surface area contributed by atoms with Gasteiger partial charge in [-0.25, -0.2) is 0 Å². The smallest absolute Gasteiger partial charge is 0.290 e. The van der Waals surface area contributed by atoms with Crippen molar-refractivity contribution < 1.29 is 28.0 Å². The summed E-state index contributed by atoms with van der Waals surface area (Å²) in [5.74, 6) is -1.77. The van der Waals surface area contributed by atoms with Gasteiger partial charge in [-0.2, -0.15) is 0 Å². The molecule has 1 fully saturated rings. The molecule has 10 nitrogen and oxygen atoms in total. The fourth-order valence-corrected chi connectivity index (χ4v) is 3.61. The van der Waals surface area contributed by atoms with Crippen molar-refractivity contribution in [2.24, 2.45) is 11.7 Å². The molecule has 31 heavy (non-hydrogen) atoms. The minimum absolute atomic E-state index is 0.0736. The second-order valence-electron chi connectivity index (χ2n) is 7.93. The highest BCUT2D eigenvalue weighted by atomic mass is 16.3. The number of rotatable bonds is 8. The van der Waals surface area contributed by atoms with E-state index in [4.69, 9.17) is 14.6 Å². The summed E-state index contributed by atoms with van der Waals surface area (Å²) in [5, 5.41) is 5.43. The number of nitrogens with zero attached hydrogens (tertiary/aromatic N) is 1. The van der Waals surface area contributed by atoms with E-state index in [-0.39, 0.29) is 30.4 Å². The Balaban J connectivity index is 1.76. The van der Waals surface area contributed by atoms with Gasteiger partial charge in [0.05, 0.1) is 12.5 Å². The largest absolute Gasteiger partial charge is 0.459 e. The van der Waals surface area contributed by atoms with Gasteiger partial charge in [0.15, 0.2) is 11.5 Å². The first-order chi connectivity index (χ1) is 14.8. The van der Waals surface area contributed by atoms with Crippen LogP contribution in [0.2, 0.25) is 0 Å². The molecule has 2 aromatic rings. The van der Waals surface area contributed by atoms with E-state index < -0.39 is 41.8 Å². The van der Waals surface area contributed by atoms with Crippen LogP contribution in [0.4, 0.5) is 0 Å². The maximum Gasteiger partial charge on any atom is 0.290 e. The molecular formula is C21H26N4O6. The number of nitrogens with one attached hydrogen (secondary N) is 2. The molecule has 3 atom stereocenters. The average Bonchev–Trinajstić information content (AvgIpc) is 3.47. The van der Waals surface area contributed by atoms with Crippen LogP contribution in [0.1, 0.15) is 47.8 Å². The number of nitrogens with two attached hydrogens (primary N) is 1. The Morgan fingerprint density at radius 3 is 2.32 bits per heavy atom. The summed E-state index contributed by atoms with van der Waals surface area (Å²) < 4.78 is 10.3. The number of likely N-dealkylation sites (tertiary alicyclic amines) is 1.